The SMILES string of the molecule is CC(=O)Nc1cccc(NC(=O)[C@@H]2c3ccccc3C(=O)N(C3CCCC3)C23CCCC3)c1. The second-order valence-electron chi connectivity index (χ2n) is 9.70. The van der Waals surface area contributed by atoms with Crippen molar-refractivity contribution >= 4 is 29.1 Å². The zero-order valence-corrected chi connectivity index (χ0v) is 19.1. The van der Waals surface area contributed by atoms with Crippen LogP contribution in [0.4, 0.5) is 11.4 Å². The first kappa shape index (κ1) is 21.7. The van der Waals surface area contributed by atoms with Crippen LogP contribution in [0.25, 0.3) is 0 Å². The summed E-state index contributed by atoms with van der Waals surface area (Å²) in [5.74, 6) is -0.565. The van der Waals surface area contributed by atoms with E-state index < -0.39 is 11.5 Å². The Bertz CT molecular complexity index is 1080. The van der Waals surface area contributed by atoms with E-state index >= 15 is 0 Å². The number of nitrogens with zero attached hydrogens (tertiary/aromatic N) is 1. The van der Waals surface area contributed by atoms with E-state index in [-0.39, 0.29) is 23.8 Å². The maximum absolute atomic E-state index is 14.0. The number of fused-ring (bicyclic) bond motifs is 1. The van der Waals surface area contributed by atoms with Crippen molar-refractivity contribution in [3.63, 3.8) is 0 Å². The number of hydrogen-bond acceptors (Lipinski definition) is 3. The molecule has 33 heavy (non-hydrogen) atoms. The van der Waals surface area contributed by atoms with Crippen LogP contribution in [0.5, 0.6) is 0 Å². The summed E-state index contributed by atoms with van der Waals surface area (Å²) in [6.45, 7) is 1.46. The molecule has 1 heterocycles. The van der Waals surface area contributed by atoms with Crippen molar-refractivity contribution in [1.82, 2.24) is 4.90 Å². The fourth-order valence-electron chi connectivity index (χ4n) is 6.39. The third kappa shape index (κ3) is 3.81. The number of carbonyl (C=O) groups excluding carboxylic acids is 3. The van der Waals surface area contributed by atoms with Gasteiger partial charge in [-0.2, -0.15) is 0 Å². The number of benzene rings is 2. The van der Waals surface area contributed by atoms with Crippen LogP contribution in [0.1, 0.15) is 80.1 Å². The highest BCUT2D eigenvalue weighted by molar-refractivity contribution is 6.05. The molecule has 2 N–H and O–H groups in total. The largest absolute Gasteiger partial charge is 0.329 e. The molecular weight excluding hydrogens is 414 g/mol. The maximum Gasteiger partial charge on any atom is 0.254 e. The number of rotatable bonds is 4. The third-order valence-electron chi connectivity index (χ3n) is 7.61. The van der Waals surface area contributed by atoms with Crippen LogP contribution >= 0.6 is 0 Å². The predicted octanol–water partition coefficient (Wildman–Crippen LogP) is 5.08. The minimum Gasteiger partial charge on any atom is -0.329 e. The second kappa shape index (κ2) is 8.65. The van der Waals surface area contributed by atoms with Gasteiger partial charge >= 0.3 is 0 Å². The summed E-state index contributed by atoms with van der Waals surface area (Å²) < 4.78 is 0. The molecular formula is C27H31N3O3. The van der Waals surface area contributed by atoms with Gasteiger partial charge in [0.25, 0.3) is 5.91 Å². The normalized spacial score (nSPS) is 21.8. The molecule has 172 valence electrons. The van der Waals surface area contributed by atoms with Crippen LogP contribution in [0.3, 0.4) is 0 Å². The summed E-state index contributed by atoms with van der Waals surface area (Å²) in [7, 11) is 0. The Morgan fingerprint density at radius 1 is 0.909 bits per heavy atom. The molecule has 0 unspecified atom stereocenters. The molecule has 0 saturated heterocycles. The summed E-state index contributed by atoms with van der Waals surface area (Å²) in [4.78, 5) is 41.3. The molecule has 1 aliphatic heterocycles. The first-order chi connectivity index (χ1) is 16.0. The highest BCUT2D eigenvalue weighted by atomic mass is 16.2. The lowest BCUT2D eigenvalue weighted by molar-refractivity contribution is -0.121. The Morgan fingerprint density at radius 2 is 1.58 bits per heavy atom. The van der Waals surface area contributed by atoms with Crippen molar-refractivity contribution in [2.75, 3.05) is 10.6 Å². The van der Waals surface area contributed by atoms with Gasteiger partial charge in [0.15, 0.2) is 0 Å². The van der Waals surface area contributed by atoms with Gasteiger partial charge in [0.2, 0.25) is 11.8 Å². The van der Waals surface area contributed by atoms with Crippen LogP contribution in [-0.4, -0.2) is 34.2 Å². The molecule has 1 atom stereocenters. The van der Waals surface area contributed by atoms with Crippen molar-refractivity contribution < 1.29 is 14.4 Å². The van der Waals surface area contributed by atoms with E-state index in [1.807, 2.05) is 36.4 Å². The van der Waals surface area contributed by atoms with Crippen LogP contribution in [0, 0.1) is 0 Å². The molecule has 0 aromatic heterocycles. The van der Waals surface area contributed by atoms with Crippen LogP contribution < -0.4 is 10.6 Å². The van der Waals surface area contributed by atoms with Gasteiger partial charge in [0, 0.05) is 29.9 Å². The molecule has 3 amide bonds. The number of amides is 3. The maximum atomic E-state index is 14.0. The molecule has 5 rings (SSSR count). The van der Waals surface area contributed by atoms with Crippen LogP contribution in [0.2, 0.25) is 0 Å². The molecule has 0 radical (unpaired) electrons. The molecule has 3 aliphatic rings. The highest BCUT2D eigenvalue weighted by Gasteiger charge is 2.57. The molecule has 2 aromatic rings. The van der Waals surface area contributed by atoms with Crippen molar-refractivity contribution in [2.24, 2.45) is 0 Å². The van der Waals surface area contributed by atoms with Gasteiger partial charge in [0.1, 0.15) is 0 Å². The van der Waals surface area contributed by atoms with E-state index in [1.54, 1.807) is 12.1 Å². The van der Waals surface area contributed by atoms with E-state index in [0.717, 1.165) is 56.9 Å². The van der Waals surface area contributed by atoms with Gasteiger partial charge in [0.05, 0.1) is 11.5 Å². The zero-order chi connectivity index (χ0) is 23.0. The fourth-order valence-corrected chi connectivity index (χ4v) is 6.39. The Kier molecular flexibility index (Phi) is 5.69. The zero-order valence-electron chi connectivity index (χ0n) is 19.1. The lowest BCUT2D eigenvalue weighted by Crippen LogP contribution is -2.62. The van der Waals surface area contributed by atoms with Gasteiger partial charge < -0.3 is 15.5 Å². The van der Waals surface area contributed by atoms with Gasteiger partial charge in [-0.25, -0.2) is 0 Å². The minimum absolute atomic E-state index is 0.0835. The van der Waals surface area contributed by atoms with Gasteiger partial charge in [-0.05, 0) is 55.5 Å². The topological polar surface area (TPSA) is 78.5 Å². The smallest absolute Gasteiger partial charge is 0.254 e. The quantitative estimate of drug-likeness (QED) is 0.689. The molecule has 2 saturated carbocycles. The molecule has 0 bridgehead atoms. The van der Waals surface area contributed by atoms with Crippen molar-refractivity contribution in [3.8, 4) is 0 Å². The predicted molar refractivity (Wildman–Crippen MR) is 128 cm³/mol. The Balaban J connectivity index is 1.55. The Morgan fingerprint density at radius 3 is 2.27 bits per heavy atom. The number of hydrogen-bond donors (Lipinski definition) is 2. The fraction of sp³-hybridized carbons (Fsp3) is 0.444. The van der Waals surface area contributed by atoms with Crippen LogP contribution in [0.15, 0.2) is 48.5 Å². The van der Waals surface area contributed by atoms with E-state index in [2.05, 4.69) is 15.5 Å². The monoisotopic (exact) mass is 445 g/mol. The molecule has 1 spiro atoms. The average Bonchev–Trinajstić information content (AvgIpc) is 3.47. The summed E-state index contributed by atoms with van der Waals surface area (Å²) in [6.07, 6.45) is 8.07. The Hall–Kier alpha value is -3.15. The summed E-state index contributed by atoms with van der Waals surface area (Å²) in [5, 5.41) is 5.88. The number of anilines is 2. The van der Waals surface area contributed by atoms with Crippen molar-refractivity contribution in [3.05, 3.63) is 59.7 Å². The van der Waals surface area contributed by atoms with Gasteiger partial charge in [-0.1, -0.05) is 49.9 Å². The lowest BCUT2D eigenvalue weighted by Gasteiger charge is -2.52. The first-order valence-corrected chi connectivity index (χ1v) is 12.1. The van der Waals surface area contributed by atoms with E-state index in [9.17, 15) is 14.4 Å². The van der Waals surface area contributed by atoms with Crippen LogP contribution in [-0.2, 0) is 9.59 Å². The first-order valence-electron chi connectivity index (χ1n) is 12.1. The van der Waals surface area contributed by atoms with Crippen molar-refractivity contribution in [1.29, 1.82) is 0 Å². The average molecular weight is 446 g/mol. The lowest BCUT2D eigenvalue weighted by atomic mass is 9.70. The van der Waals surface area contributed by atoms with E-state index in [1.165, 1.54) is 6.92 Å². The summed E-state index contributed by atoms with van der Waals surface area (Å²) in [5.41, 5.74) is 2.31. The highest BCUT2D eigenvalue weighted by Crippen LogP contribution is 2.52. The number of carbonyl (C=O) groups is 3. The molecule has 2 fully saturated rings. The van der Waals surface area contributed by atoms with Gasteiger partial charge in [-0.3, -0.25) is 14.4 Å². The van der Waals surface area contributed by atoms with E-state index in [0.29, 0.717) is 16.9 Å². The van der Waals surface area contributed by atoms with Crippen molar-refractivity contribution in [2.45, 2.75) is 75.8 Å². The second-order valence-corrected chi connectivity index (χ2v) is 9.70. The summed E-state index contributed by atoms with van der Waals surface area (Å²) in [6, 6.07) is 15.1. The molecule has 2 aromatic carbocycles. The Labute approximate surface area is 194 Å². The minimum atomic E-state index is -0.472. The molecule has 6 nitrogen and oxygen atoms in total. The molecule has 2 aliphatic carbocycles. The van der Waals surface area contributed by atoms with Gasteiger partial charge in [-0.15, -0.1) is 0 Å². The summed E-state index contributed by atoms with van der Waals surface area (Å²) >= 11 is 0. The third-order valence-corrected chi connectivity index (χ3v) is 7.61. The molecule has 6 heteroatoms. The standard InChI is InChI=1S/C27H31N3O3/c1-18(31)28-19-9-8-10-20(17-19)29-25(32)24-22-13-4-5-14-23(22)26(33)30(21-11-2-3-12-21)27(24)15-6-7-16-27/h4-5,8-10,13-14,17,21,24H,2-3,6-7,11-12,15-16H2,1H3,(H,28,31)(H,29,32)/t24-/m0/s1. The van der Waals surface area contributed by atoms with E-state index in [4.69, 9.17) is 0 Å². The number of nitrogens with one attached hydrogen (secondary N) is 2.